The first-order valence-corrected chi connectivity index (χ1v) is 11.6. The van der Waals surface area contributed by atoms with Gasteiger partial charge in [0.05, 0.1) is 13.7 Å². The summed E-state index contributed by atoms with van der Waals surface area (Å²) in [4.78, 5) is 28.1. The molecule has 0 fully saturated rings. The molecule has 2 aromatic carbocycles. The second-order valence-electron chi connectivity index (χ2n) is 9.24. The molecule has 0 aromatic heterocycles. The summed E-state index contributed by atoms with van der Waals surface area (Å²) in [6, 6.07) is 14.8. The van der Waals surface area contributed by atoms with Crippen LogP contribution in [0.5, 0.6) is 11.5 Å². The lowest BCUT2D eigenvalue weighted by Gasteiger charge is -2.33. The number of aryl methyl sites for hydroxylation is 1. The van der Waals surface area contributed by atoms with Crippen molar-refractivity contribution >= 4 is 11.8 Å². The number of hydrogen-bond donors (Lipinski definition) is 1. The molecule has 180 valence electrons. The lowest BCUT2D eigenvalue weighted by Crippen LogP contribution is -2.53. The molecule has 2 amide bonds. The van der Waals surface area contributed by atoms with E-state index in [2.05, 4.69) is 5.32 Å². The Labute approximate surface area is 198 Å². The van der Waals surface area contributed by atoms with Gasteiger partial charge in [-0.3, -0.25) is 9.59 Å². The summed E-state index contributed by atoms with van der Waals surface area (Å²) in [5, 5.41) is 3.04. The van der Waals surface area contributed by atoms with Gasteiger partial charge >= 0.3 is 0 Å². The normalized spacial score (nSPS) is 12.1. The highest BCUT2D eigenvalue weighted by molar-refractivity contribution is 5.88. The van der Waals surface area contributed by atoms with Gasteiger partial charge in [-0.1, -0.05) is 31.2 Å². The van der Waals surface area contributed by atoms with Gasteiger partial charge in [-0.15, -0.1) is 0 Å². The molecule has 2 rings (SSSR count). The van der Waals surface area contributed by atoms with Gasteiger partial charge in [0.2, 0.25) is 11.8 Å². The maximum Gasteiger partial charge on any atom is 0.243 e. The van der Waals surface area contributed by atoms with Gasteiger partial charge in [-0.05, 0) is 75.9 Å². The van der Waals surface area contributed by atoms with Gasteiger partial charge in [0.15, 0.2) is 0 Å². The molecule has 0 bridgehead atoms. The number of benzene rings is 2. The lowest BCUT2D eigenvalue weighted by atomic mass is 10.0. The highest BCUT2D eigenvalue weighted by Gasteiger charge is 2.30. The third-order valence-corrected chi connectivity index (χ3v) is 5.35. The molecule has 0 aliphatic carbocycles. The Morgan fingerprint density at radius 1 is 1.03 bits per heavy atom. The summed E-state index contributed by atoms with van der Waals surface area (Å²) in [5.41, 5.74) is 1.78. The van der Waals surface area contributed by atoms with Crippen LogP contribution in [0.15, 0.2) is 48.5 Å². The van der Waals surface area contributed by atoms with Crippen LogP contribution >= 0.6 is 0 Å². The topological polar surface area (TPSA) is 67.9 Å². The van der Waals surface area contributed by atoms with Gasteiger partial charge in [0.1, 0.15) is 17.5 Å². The predicted molar refractivity (Wildman–Crippen MR) is 131 cm³/mol. The summed E-state index contributed by atoms with van der Waals surface area (Å²) < 4.78 is 10.9. The van der Waals surface area contributed by atoms with Crippen molar-refractivity contribution in [2.45, 2.75) is 72.0 Å². The second kappa shape index (κ2) is 12.3. The van der Waals surface area contributed by atoms with E-state index < -0.39 is 6.04 Å². The zero-order valence-electron chi connectivity index (χ0n) is 20.8. The number of nitrogens with one attached hydrogen (secondary N) is 1. The van der Waals surface area contributed by atoms with Crippen molar-refractivity contribution in [3.05, 3.63) is 59.7 Å². The van der Waals surface area contributed by atoms with Crippen molar-refractivity contribution in [3.63, 3.8) is 0 Å². The molecule has 1 unspecified atom stereocenters. The number of methoxy groups -OCH3 is 1. The van der Waals surface area contributed by atoms with Crippen molar-refractivity contribution in [2.75, 3.05) is 13.7 Å². The summed E-state index contributed by atoms with van der Waals surface area (Å²) >= 11 is 0. The summed E-state index contributed by atoms with van der Waals surface area (Å²) in [6.07, 6.45) is 1.41. The van der Waals surface area contributed by atoms with E-state index in [-0.39, 0.29) is 17.4 Å². The minimum absolute atomic E-state index is 0.0486. The Balaban J connectivity index is 2.07. The number of rotatable bonds is 11. The Morgan fingerprint density at radius 2 is 1.67 bits per heavy atom. The maximum absolute atomic E-state index is 13.3. The van der Waals surface area contributed by atoms with Crippen molar-refractivity contribution in [1.29, 1.82) is 0 Å². The van der Waals surface area contributed by atoms with Gasteiger partial charge in [0.25, 0.3) is 0 Å². The quantitative estimate of drug-likeness (QED) is 0.491. The third kappa shape index (κ3) is 8.44. The van der Waals surface area contributed by atoms with Crippen molar-refractivity contribution in [2.24, 2.45) is 0 Å². The molecule has 0 aliphatic rings. The average Bonchev–Trinajstić information content (AvgIpc) is 2.77. The molecular formula is C27H38N2O4. The second-order valence-corrected chi connectivity index (χ2v) is 9.24. The van der Waals surface area contributed by atoms with Crippen LogP contribution in [0.25, 0.3) is 0 Å². The average molecular weight is 455 g/mol. The Morgan fingerprint density at radius 3 is 2.24 bits per heavy atom. The van der Waals surface area contributed by atoms with Crippen LogP contribution in [0.2, 0.25) is 0 Å². The van der Waals surface area contributed by atoms with E-state index in [1.807, 2.05) is 83.1 Å². The van der Waals surface area contributed by atoms with Crippen molar-refractivity contribution in [1.82, 2.24) is 10.2 Å². The highest BCUT2D eigenvalue weighted by atomic mass is 16.5. The van der Waals surface area contributed by atoms with Crippen LogP contribution in [0, 0.1) is 6.92 Å². The molecule has 6 nitrogen and oxygen atoms in total. The Bertz CT molecular complexity index is 903. The van der Waals surface area contributed by atoms with E-state index in [0.29, 0.717) is 32.4 Å². The molecule has 0 spiro atoms. The van der Waals surface area contributed by atoms with Gasteiger partial charge in [-0.25, -0.2) is 0 Å². The zero-order chi connectivity index (χ0) is 24.4. The molecule has 0 saturated carbocycles. The van der Waals surface area contributed by atoms with Crippen LogP contribution in [0.4, 0.5) is 0 Å². The molecule has 2 aromatic rings. The van der Waals surface area contributed by atoms with E-state index in [1.54, 1.807) is 12.0 Å². The molecular weight excluding hydrogens is 416 g/mol. The number of carbonyl (C=O) groups excluding carboxylic acids is 2. The first-order valence-electron chi connectivity index (χ1n) is 11.6. The monoisotopic (exact) mass is 454 g/mol. The first-order chi connectivity index (χ1) is 15.6. The largest absolute Gasteiger partial charge is 0.497 e. The summed E-state index contributed by atoms with van der Waals surface area (Å²) in [6.45, 7) is 10.6. The minimum atomic E-state index is -0.529. The fraction of sp³-hybridized carbons (Fsp3) is 0.481. The molecule has 6 heteroatoms. The lowest BCUT2D eigenvalue weighted by molar-refractivity contribution is -0.142. The highest BCUT2D eigenvalue weighted by Crippen LogP contribution is 2.19. The molecule has 0 radical (unpaired) electrons. The standard InChI is InChI=1S/C27H38N2O4/c1-7-24(26(31)28-27(3,4)5)29(19-21-12-9-8-11-20(21)2)25(30)13-10-18-33-23-16-14-22(32-6)15-17-23/h8-9,11-12,14-17,24H,7,10,13,18-19H2,1-6H3,(H,28,31). The Kier molecular flexibility index (Phi) is 9.76. The molecule has 0 aliphatic heterocycles. The number of amides is 2. The molecule has 33 heavy (non-hydrogen) atoms. The van der Waals surface area contributed by atoms with Crippen LogP contribution < -0.4 is 14.8 Å². The minimum Gasteiger partial charge on any atom is -0.497 e. The molecule has 1 N–H and O–H groups in total. The van der Waals surface area contributed by atoms with Crippen LogP contribution in [-0.4, -0.2) is 42.0 Å². The first kappa shape index (κ1) is 26.2. The van der Waals surface area contributed by atoms with Gasteiger partial charge < -0.3 is 19.7 Å². The number of hydrogen-bond acceptors (Lipinski definition) is 4. The third-order valence-electron chi connectivity index (χ3n) is 5.35. The van der Waals surface area contributed by atoms with Crippen LogP contribution in [0.1, 0.15) is 58.1 Å². The van der Waals surface area contributed by atoms with E-state index >= 15 is 0 Å². The smallest absolute Gasteiger partial charge is 0.243 e. The summed E-state index contributed by atoms with van der Waals surface area (Å²) in [5.74, 6) is 1.33. The van der Waals surface area contributed by atoms with E-state index in [1.165, 1.54) is 0 Å². The summed E-state index contributed by atoms with van der Waals surface area (Å²) in [7, 11) is 1.62. The van der Waals surface area contributed by atoms with E-state index in [0.717, 1.165) is 22.6 Å². The maximum atomic E-state index is 13.3. The predicted octanol–water partition coefficient (Wildman–Crippen LogP) is 4.88. The van der Waals surface area contributed by atoms with E-state index in [9.17, 15) is 9.59 Å². The van der Waals surface area contributed by atoms with E-state index in [4.69, 9.17) is 9.47 Å². The zero-order valence-corrected chi connectivity index (χ0v) is 20.8. The molecule has 0 saturated heterocycles. The van der Waals surface area contributed by atoms with Crippen molar-refractivity contribution in [3.8, 4) is 11.5 Å². The molecule has 1 atom stereocenters. The number of carbonyl (C=O) groups is 2. The fourth-order valence-electron chi connectivity index (χ4n) is 3.57. The fourth-order valence-corrected chi connectivity index (χ4v) is 3.57. The molecule has 0 heterocycles. The number of ether oxygens (including phenoxy) is 2. The Hall–Kier alpha value is -3.02. The van der Waals surface area contributed by atoms with Gasteiger partial charge in [-0.2, -0.15) is 0 Å². The number of nitrogens with zero attached hydrogens (tertiary/aromatic N) is 1. The SMILES string of the molecule is CCC(C(=O)NC(C)(C)C)N(Cc1ccccc1C)C(=O)CCCOc1ccc(OC)cc1. The van der Waals surface area contributed by atoms with Crippen LogP contribution in [0.3, 0.4) is 0 Å². The van der Waals surface area contributed by atoms with Crippen molar-refractivity contribution < 1.29 is 19.1 Å². The van der Waals surface area contributed by atoms with Gasteiger partial charge in [0, 0.05) is 18.5 Å². The van der Waals surface area contributed by atoms with Crippen LogP contribution in [-0.2, 0) is 16.1 Å².